The Morgan fingerprint density at radius 1 is 1.09 bits per heavy atom. The number of hydrogen-bond acceptors (Lipinski definition) is 5. The van der Waals surface area contributed by atoms with E-state index < -0.39 is 0 Å². The van der Waals surface area contributed by atoms with Crippen molar-refractivity contribution >= 4 is 29.9 Å². The van der Waals surface area contributed by atoms with Gasteiger partial charge in [0.05, 0.1) is 25.9 Å². The Bertz CT molecular complexity index is 677. The number of hydrogen-bond donors (Lipinski definition) is 2. The van der Waals surface area contributed by atoms with Crippen molar-refractivity contribution in [3.05, 3.63) is 35.4 Å². The van der Waals surface area contributed by atoms with Crippen molar-refractivity contribution in [1.29, 1.82) is 0 Å². The highest BCUT2D eigenvalue weighted by molar-refractivity contribution is 14.0. The van der Waals surface area contributed by atoms with E-state index >= 15 is 0 Å². The molecular weight excluding hydrogens is 519 g/mol. The molecule has 2 aliphatic heterocycles. The predicted octanol–water partition coefficient (Wildman–Crippen LogP) is 3.02. The first-order chi connectivity index (χ1) is 15.2. The van der Waals surface area contributed by atoms with Gasteiger partial charge in [-0.05, 0) is 29.9 Å². The Hall–Kier alpha value is -0.940. The van der Waals surface area contributed by atoms with Gasteiger partial charge in [0.15, 0.2) is 5.96 Å². The molecule has 0 radical (unpaired) electrons. The van der Waals surface area contributed by atoms with Crippen molar-refractivity contribution in [1.82, 2.24) is 15.5 Å². The lowest BCUT2D eigenvalue weighted by atomic mass is 10.0. The van der Waals surface area contributed by atoms with Crippen LogP contribution in [0.4, 0.5) is 0 Å². The number of guanidine groups is 1. The number of rotatable bonds is 9. The number of ether oxygens (including phenoxy) is 3. The van der Waals surface area contributed by atoms with Gasteiger partial charge in [-0.3, -0.25) is 9.89 Å². The molecule has 3 rings (SSSR count). The van der Waals surface area contributed by atoms with Crippen LogP contribution in [0.5, 0.6) is 0 Å². The third-order valence-electron chi connectivity index (χ3n) is 6.09. The van der Waals surface area contributed by atoms with E-state index in [1.165, 1.54) is 11.1 Å². The van der Waals surface area contributed by atoms with Crippen LogP contribution in [0.1, 0.15) is 37.8 Å². The Morgan fingerprint density at radius 3 is 2.47 bits per heavy atom. The highest BCUT2D eigenvalue weighted by Gasteiger charge is 2.23. The van der Waals surface area contributed by atoms with Crippen LogP contribution in [0.25, 0.3) is 0 Å². The van der Waals surface area contributed by atoms with Gasteiger partial charge in [0.1, 0.15) is 0 Å². The average Bonchev–Trinajstić information content (AvgIpc) is 2.81. The Labute approximate surface area is 210 Å². The molecule has 0 aromatic heterocycles. The minimum Gasteiger partial charge on any atom is -0.381 e. The van der Waals surface area contributed by atoms with Gasteiger partial charge in [0, 0.05) is 52.5 Å². The van der Waals surface area contributed by atoms with Crippen LogP contribution >= 0.6 is 24.0 Å². The molecule has 0 amide bonds. The second-order valence-electron chi connectivity index (χ2n) is 8.71. The van der Waals surface area contributed by atoms with Crippen molar-refractivity contribution in [2.24, 2.45) is 10.9 Å². The maximum absolute atomic E-state index is 6.07. The number of aliphatic imine (C=N–C) groups is 1. The van der Waals surface area contributed by atoms with Crippen molar-refractivity contribution in [2.45, 2.75) is 52.0 Å². The molecule has 182 valence electrons. The molecule has 1 aromatic carbocycles. The van der Waals surface area contributed by atoms with E-state index in [1.54, 1.807) is 0 Å². The first kappa shape index (κ1) is 27.3. The van der Waals surface area contributed by atoms with E-state index in [0.29, 0.717) is 24.7 Å². The van der Waals surface area contributed by atoms with Crippen LogP contribution in [-0.2, 0) is 27.4 Å². The molecule has 7 nitrogen and oxygen atoms in total. The molecule has 1 unspecified atom stereocenters. The van der Waals surface area contributed by atoms with Gasteiger partial charge in [-0.15, -0.1) is 24.0 Å². The molecule has 32 heavy (non-hydrogen) atoms. The summed E-state index contributed by atoms with van der Waals surface area (Å²) in [6, 6.07) is 9.05. The van der Waals surface area contributed by atoms with Gasteiger partial charge in [0.25, 0.3) is 0 Å². The van der Waals surface area contributed by atoms with Crippen molar-refractivity contribution < 1.29 is 14.2 Å². The first-order valence-electron chi connectivity index (χ1n) is 11.7. The molecule has 2 saturated heterocycles. The zero-order valence-electron chi connectivity index (χ0n) is 19.8. The maximum Gasteiger partial charge on any atom is 0.191 e. The fraction of sp³-hybridized carbons (Fsp3) is 0.708. The highest BCUT2D eigenvalue weighted by Crippen LogP contribution is 2.15. The molecule has 0 spiro atoms. The molecule has 1 aromatic rings. The summed E-state index contributed by atoms with van der Waals surface area (Å²) in [5.74, 6) is 1.40. The largest absolute Gasteiger partial charge is 0.381 e. The molecule has 2 heterocycles. The van der Waals surface area contributed by atoms with E-state index in [0.717, 1.165) is 71.4 Å². The fourth-order valence-electron chi connectivity index (χ4n) is 4.19. The standard InChI is InChI=1S/C24H40N4O3.HI/c1-19(2)23(28-9-13-30-14-10-28)17-27-24(25-3)26-16-20-5-4-6-21(15-20)18-31-22-7-11-29-12-8-22;/h4-6,15,19,22-23H,7-14,16-18H2,1-3H3,(H2,25,26,27);1H. The predicted molar refractivity (Wildman–Crippen MR) is 140 cm³/mol. The third-order valence-corrected chi connectivity index (χ3v) is 6.09. The van der Waals surface area contributed by atoms with Crippen LogP contribution in [0.2, 0.25) is 0 Å². The molecule has 8 heteroatoms. The molecule has 2 aliphatic rings. The quantitative estimate of drug-likeness (QED) is 0.275. The average molecular weight is 561 g/mol. The van der Waals surface area contributed by atoms with Gasteiger partial charge in [-0.1, -0.05) is 38.1 Å². The molecule has 0 bridgehead atoms. The normalized spacial score (nSPS) is 19.4. The number of benzene rings is 1. The number of halogens is 1. The monoisotopic (exact) mass is 560 g/mol. The van der Waals surface area contributed by atoms with E-state index in [2.05, 4.69) is 58.6 Å². The fourth-order valence-corrected chi connectivity index (χ4v) is 4.19. The summed E-state index contributed by atoms with van der Waals surface area (Å²) in [7, 11) is 1.83. The lowest BCUT2D eigenvalue weighted by Crippen LogP contribution is -2.52. The minimum atomic E-state index is 0. The van der Waals surface area contributed by atoms with Crippen molar-refractivity contribution in [2.75, 3.05) is 53.1 Å². The molecule has 2 N–H and O–H groups in total. The summed E-state index contributed by atoms with van der Waals surface area (Å²) >= 11 is 0. The summed E-state index contributed by atoms with van der Waals surface area (Å²) in [5.41, 5.74) is 2.44. The van der Waals surface area contributed by atoms with Crippen LogP contribution in [0.15, 0.2) is 29.3 Å². The lowest BCUT2D eigenvalue weighted by molar-refractivity contribution is -0.0390. The lowest BCUT2D eigenvalue weighted by Gasteiger charge is -2.37. The Morgan fingerprint density at radius 2 is 1.78 bits per heavy atom. The summed E-state index contributed by atoms with van der Waals surface area (Å²) in [5, 5.41) is 6.98. The second kappa shape index (κ2) is 15.1. The van der Waals surface area contributed by atoms with E-state index in [4.69, 9.17) is 14.2 Å². The highest BCUT2D eigenvalue weighted by atomic mass is 127. The number of morpholine rings is 1. The zero-order chi connectivity index (χ0) is 21.9. The summed E-state index contributed by atoms with van der Waals surface area (Å²) in [6.07, 6.45) is 2.30. The molecule has 1 atom stereocenters. The Balaban J connectivity index is 0.00000363. The van der Waals surface area contributed by atoms with Crippen molar-refractivity contribution in [3.8, 4) is 0 Å². The van der Waals surface area contributed by atoms with Crippen LogP contribution in [0.3, 0.4) is 0 Å². The third kappa shape index (κ3) is 9.13. The topological polar surface area (TPSA) is 67.4 Å². The van der Waals surface area contributed by atoms with Gasteiger partial charge >= 0.3 is 0 Å². The molecule has 2 fully saturated rings. The van der Waals surface area contributed by atoms with Gasteiger partial charge < -0.3 is 24.8 Å². The summed E-state index contributed by atoms with van der Waals surface area (Å²) in [6.45, 7) is 12.1. The van der Waals surface area contributed by atoms with Gasteiger partial charge in [0.2, 0.25) is 0 Å². The molecular formula is C24H41IN4O3. The van der Waals surface area contributed by atoms with Gasteiger partial charge in [-0.2, -0.15) is 0 Å². The molecule has 0 saturated carbocycles. The summed E-state index contributed by atoms with van der Waals surface area (Å²) in [4.78, 5) is 6.94. The smallest absolute Gasteiger partial charge is 0.191 e. The number of nitrogens with one attached hydrogen (secondary N) is 2. The maximum atomic E-state index is 6.07. The van der Waals surface area contributed by atoms with Crippen LogP contribution in [-0.4, -0.2) is 76.1 Å². The Kier molecular flexibility index (Phi) is 12.8. The number of nitrogens with zero attached hydrogens (tertiary/aromatic N) is 2. The van der Waals surface area contributed by atoms with E-state index in [-0.39, 0.29) is 24.0 Å². The second-order valence-corrected chi connectivity index (χ2v) is 8.71. The van der Waals surface area contributed by atoms with E-state index in [1.807, 2.05) is 7.05 Å². The van der Waals surface area contributed by atoms with Crippen LogP contribution in [0, 0.1) is 5.92 Å². The summed E-state index contributed by atoms with van der Waals surface area (Å²) < 4.78 is 17.0. The van der Waals surface area contributed by atoms with Gasteiger partial charge in [-0.25, -0.2) is 0 Å². The molecule has 0 aliphatic carbocycles. The van der Waals surface area contributed by atoms with E-state index in [9.17, 15) is 0 Å². The van der Waals surface area contributed by atoms with Crippen molar-refractivity contribution in [3.63, 3.8) is 0 Å². The zero-order valence-corrected chi connectivity index (χ0v) is 22.2. The SMILES string of the molecule is CN=C(NCc1cccc(COC2CCOCC2)c1)NCC(C(C)C)N1CCOCC1.I. The first-order valence-corrected chi connectivity index (χ1v) is 11.7. The minimum absolute atomic E-state index is 0. The van der Waals surface area contributed by atoms with Crippen LogP contribution < -0.4 is 10.6 Å².